The molecule has 0 aromatic heterocycles. The maximum absolute atomic E-state index is 3.73. The Morgan fingerprint density at radius 3 is 2.13 bits per heavy atom. The molecular weight excluding hydrogens is 182 g/mol. The van der Waals surface area contributed by atoms with Crippen LogP contribution in [0.2, 0.25) is 0 Å². The molecule has 0 radical (unpaired) electrons. The first-order valence-corrected chi connectivity index (χ1v) is 6.67. The topological polar surface area (TPSA) is 12.0 Å². The van der Waals surface area contributed by atoms with Crippen molar-refractivity contribution in [3.8, 4) is 0 Å². The Hall–Kier alpha value is -0.0400. The predicted molar refractivity (Wildman–Crippen MR) is 70.2 cm³/mol. The van der Waals surface area contributed by atoms with Crippen LogP contribution in [0.25, 0.3) is 0 Å². The molecule has 0 aromatic rings. The number of hydrogen-bond acceptors (Lipinski definition) is 1. The quantitative estimate of drug-likeness (QED) is 0.636. The van der Waals surface area contributed by atoms with Crippen LogP contribution in [0.15, 0.2) is 0 Å². The van der Waals surface area contributed by atoms with Crippen molar-refractivity contribution in [3.63, 3.8) is 0 Å². The van der Waals surface area contributed by atoms with Gasteiger partial charge in [0.15, 0.2) is 0 Å². The van der Waals surface area contributed by atoms with E-state index < -0.39 is 0 Å². The lowest BCUT2D eigenvalue weighted by molar-refractivity contribution is 0.224. The zero-order chi connectivity index (χ0) is 11.9. The normalized spacial score (nSPS) is 14.6. The second kappa shape index (κ2) is 7.27. The third-order valence-corrected chi connectivity index (χ3v) is 3.81. The molecule has 0 aliphatic carbocycles. The molecule has 0 saturated carbocycles. The van der Waals surface area contributed by atoms with Gasteiger partial charge < -0.3 is 5.32 Å². The fourth-order valence-electron chi connectivity index (χ4n) is 1.51. The van der Waals surface area contributed by atoms with Gasteiger partial charge in [-0.2, -0.15) is 0 Å². The van der Waals surface area contributed by atoms with Crippen LogP contribution in [-0.2, 0) is 0 Å². The Kier molecular flexibility index (Phi) is 7.25. The van der Waals surface area contributed by atoms with Gasteiger partial charge in [0.1, 0.15) is 0 Å². The van der Waals surface area contributed by atoms with Crippen LogP contribution in [-0.4, -0.2) is 12.6 Å². The third-order valence-electron chi connectivity index (χ3n) is 3.81. The average molecular weight is 213 g/mol. The summed E-state index contributed by atoms with van der Waals surface area (Å²) in [6, 6.07) is 0.725. The van der Waals surface area contributed by atoms with Gasteiger partial charge in [-0.25, -0.2) is 0 Å². The molecule has 0 aliphatic heterocycles. The van der Waals surface area contributed by atoms with Gasteiger partial charge in [0.25, 0.3) is 0 Å². The molecule has 0 saturated heterocycles. The lowest BCUT2D eigenvalue weighted by Crippen LogP contribution is -2.39. The molecule has 0 heterocycles. The van der Waals surface area contributed by atoms with Crippen molar-refractivity contribution in [2.45, 2.75) is 73.3 Å². The summed E-state index contributed by atoms with van der Waals surface area (Å²) >= 11 is 0. The molecule has 1 atom stereocenters. The van der Waals surface area contributed by atoms with E-state index >= 15 is 0 Å². The molecule has 0 bridgehead atoms. The maximum Gasteiger partial charge on any atom is 0.00646 e. The lowest BCUT2D eigenvalue weighted by Gasteiger charge is -2.31. The van der Waals surface area contributed by atoms with Gasteiger partial charge >= 0.3 is 0 Å². The van der Waals surface area contributed by atoms with Crippen LogP contribution in [0.4, 0.5) is 0 Å². The summed E-state index contributed by atoms with van der Waals surface area (Å²) in [7, 11) is 0. The highest BCUT2D eigenvalue weighted by Gasteiger charge is 2.22. The summed E-state index contributed by atoms with van der Waals surface area (Å²) in [4.78, 5) is 0. The van der Waals surface area contributed by atoms with Crippen LogP contribution >= 0.6 is 0 Å². The molecule has 1 unspecified atom stereocenters. The van der Waals surface area contributed by atoms with Crippen molar-refractivity contribution >= 4 is 0 Å². The Bertz CT molecular complexity index is 149. The number of rotatable bonds is 8. The van der Waals surface area contributed by atoms with Gasteiger partial charge in [0.05, 0.1) is 0 Å². The van der Waals surface area contributed by atoms with Crippen molar-refractivity contribution < 1.29 is 0 Å². The minimum atomic E-state index is 0.416. The van der Waals surface area contributed by atoms with Crippen LogP contribution in [0, 0.1) is 11.3 Å². The average Bonchev–Trinajstić information content (AvgIpc) is 2.18. The van der Waals surface area contributed by atoms with E-state index in [0.29, 0.717) is 5.41 Å². The zero-order valence-electron chi connectivity index (χ0n) is 11.7. The predicted octanol–water partition coefficient (Wildman–Crippen LogP) is 4.23. The molecule has 0 spiro atoms. The number of nitrogens with one attached hydrogen (secondary N) is 1. The Morgan fingerprint density at radius 2 is 1.73 bits per heavy atom. The van der Waals surface area contributed by atoms with Gasteiger partial charge in [0.2, 0.25) is 0 Å². The maximum atomic E-state index is 3.73. The van der Waals surface area contributed by atoms with E-state index in [9.17, 15) is 0 Å². The summed E-state index contributed by atoms with van der Waals surface area (Å²) in [5.74, 6) is 0.744. The standard InChI is InChI=1S/C14H31N/c1-7-9-10-13(8-2)15-11-14(5,6)12(3)4/h12-13,15H,7-11H2,1-6H3. The largest absolute Gasteiger partial charge is 0.313 e. The highest BCUT2D eigenvalue weighted by molar-refractivity contribution is 4.77. The second-order valence-electron chi connectivity index (χ2n) is 5.77. The molecule has 15 heavy (non-hydrogen) atoms. The van der Waals surface area contributed by atoms with E-state index in [4.69, 9.17) is 0 Å². The monoisotopic (exact) mass is 213 g/mol. The van der Waals surface area contributed by atoms with Crippen LogP contribution < -0.4 is 5.32 Å². The van der Waals surface area contributed by atoms with E-state index in [2.05, 4.69) is 46.9 Å². The van der Waals surface area contributed by atoms with E-state index in [1.54, 1.807) is 0 Å². The van der Waals surface area contributed by atoms with Gasteiger partial charge in [-0.1, -0.05) is 54.4 Å². The summed E-state index contributed by atoms with van der Waals surface area (Å²) < 4.78 is 0. The summed E-state index contributed by atoms with van der Waals surface area (Å²) in [6.45, 7) is 15.0. The van der Waals surface area contributed by atoms with Crippen LogP contribution in [0.5, 0.6) is 0 Å². The summed E-state index contributed by atoms with van der Waals surface area (Å²) in [6.07, 6.45) is 5.26. The minimum Gasteiger partial charge on any atom is -0.313 e. The number of unbranched alkanes of at least 4 members (excludes halogenated alkanes) is 1. The molecule has 1 nitrogen and oxygen atoms in total. The molecular formula is C14H31N. The Morgan fingerprint density at radius 1 is 1.13 bits per heavy atom. The fourth-order valence-corrected chi connectivity index (χ4v) is 1.51. The van der Waals surface area contributed by atoms with Crippen LogP contribution in [0.1, 0.15) is 67.2 Å². The molecule has 0 aliphatic rings. The van der Waals surface area contributed by atoms with E-state index in [0.717, 1.165) is 18.5 Å². The molecule has 1 heteroatoms. The van der Waals surface area contributed by atoms with Gasteiger partial charge in [0, 0.05) is 12.6 Å². The molecule has 1 N–H and O–H groups in total. The second-order valence-corrected chi connectivity index (χ2v) is 5.77. The van der Waals surface area contributed by atoms with E-state index in [1.807, 2.05) is 0 Å². The first-order chi connectivity index (χ1) is 6.94. The SMILES string of the molecule is CCCCC(CC)NCC(C)(C)C(C)C. The fraction of sp³-hybridized carbons (Fsp3) is 1.00. The van der Waals surface area contributed by atoms with Gasteiger partial charge in [-0.05, 0) is 24.2 Å². The van der Waals surface area contributed by atoms with Crippen molar-refractivity contribution in [1.29, 1.82) is 0 Å². The molecule has 0 amide bonds. The zero-order valence-corrected chi connectivity index (χ0v) is 11.7. The van der Waals surface area contributed by atoms with Gasteiger partial charge in [-0.15, -0.1) is 0 Å². The van der Waals surface area contributed by atoms with Gasteiger partial charge in [-0.3, -0.25) is 0 Å². The lowest BCUT2D eigenvalue weighted by atomic mass is 9.81. The highest BCUT2D eigenvalue weighted by atomic mass is 14.9. The number of hydrogen-bond donors (Lipinski definition) is 1. The first-order valence-electron chi connectivity index (χ1n) is 6.67. The Balaban J connectivity index is 3.88. The van der Waals surface area contributed by atoms with Crippen molar-refractivity contribution in [2.75, 3.05) is 6.54 Å². The molecule has 0 rings (SSSR count). The van der Waals surface area contributed by atoms with Crippen LogP contribution in [0.3, 0.4) is 0 Å². The smallest absolute Gasteiger partial charge is 0.00646 e. The molecule has 0 aromatic carbocycles. The Labute approximate surface area is 97.0 Å². The van der Waals surface area contributed by atoms with Crippen molar-refractivity contribution in [3.05, 3.63) is 0 Å². The highest BCUT2D eigenvalue weighted by Crippen LogP contribution is 2.25. The third kappa shape index (κ3) is 6.19. The van der Waals surface area contributed by atoms with Crippen molar-refractivity contribution in [2.24, 2.45) is 11.3 Å². The van der Waals surface area contributed by atoms with Crippen molar-refractivity contribution in [1.82, 2.24) is 5.32 Å². The minimum absolute atomic E-state index is 0.416. The summed E-state index contributed by atoms with van der Waals surface area (Å²) in [5.41, 5.74) is 0.416. The summed E-state index contributed by atoms with van der Waals surface area (Å²) in [5, 5.41) is 3.73. The molecule has 92 valence electrons. The first kappa shape index (κ1) is 15.0. The van der Waals surface area contributed by atoms with E-state index in [1.165, 1.54) is 25.7 Å². The van der Waals surface area contributed by atoms with E-state index in [-0.39, 0.29) is 0 Å². The molecule has 0 fully saturated rings.